The minimum atomic E-state index is 0.257. The molecule has 2 nitrogen and oxygen atoms in total. The molecule has 0 amide bonds. The number of nitrogens with zero attached hydrogens (tertiary/aromatic N) is 2. The van der Waals surface area contributed by atoms with Crippen LogP contribution in [-0.2, 0) is 0 Å². The van der Waals surface area contributed by atoms with E-state index in [-0.39, 0.29) is 5.41 Å². The molecule has 3 aliphatic rings. The van der Waals surface area contributed by atoms with E-state index < -0.39 is 0 Å². The molecule has 0 spiro atoms. The molecule has 2 aliphatic carbocycles. The lowest BCUT2D eigenvalue weighted by Crippen LogP contribution is -2.47. The number of hydrogen-bond acceptors (Lipinski definition) is 2. The largest absolute Gasteiger partial charge is 0.369 e. The van der Waals surface area contributed by atoms with E-state index in [0.29, 0.717) is 16.7 Å². The van der Waals surface area contributed by atoms with Gasteiger partial charge in [0, 0.05) is 31.9 Å². The molecule has 0 radical (unpaired) electrons. The van der Waals surface area contributed by atoms with Gasteiger partial charge < -0.3 is 4.90 Å². The van der Waals surface area contributed by atoms with Crippen LogP contribution in [-0.4, -0.2) is 37.6 Å². The lowest BCUT2D eigenvalue weighted by atomic mass is 9.65. The van der Waals surface area contributed by atoms with Gasteiger partial charge in [0.25, 0.3) is 0 Å². The van der Waals surface area contributed by atoms with Crippen molar-refractivity contribution >= 4 is 11.3 Å². The van der Waals surface area contributed by atoms with Crippen molar-refractivity contribution in [1.82, 2.24) is 4.90 Å². The topological polar surface area (TPSA) is 6.48 Å². The van der Waals surface area contributed by atoms with Gasteiger partial charge in [0.1, 0.15) is 0 Å². The number of rotatable bonds is 5. The second-order valence-electron chi connectivity index (χ2n) is 14.0. The first kappa shape index (κ1) is 25.5. The van der Waals surface area contributed by atoms with E-state index in [0.717, 1.165) is 19.5 Å². The highest BCUT2D eigenvalue weighted by molar-refractivity contribution is 5.72. The molecule has 2 fully saturated rings. The summed E-state index contributed by atoms with van der Waals surface area (Å²) >= 11 is 0. The number of benzene rings is 1. The second kappa shape index (κ2) is 9.49. The van der Waals surface area contributed by atoms with Crippen molar-refractivity contribution in [3.8, 4) is 0 Å². The van der Waals surface area contributed by atoms with E-state index in [1.165, 1.54) is 68.6 Å². The third kappa shape index (κ3) is 5.99. The van der Waals surface area contributed by atoms with Crippen molar-refractivity contribution < 1.29 is 0 Å². The Labute approximate surface area is 210 Å². The molecule has 34 heavy (non-hydrogen) atoms. The average Bonchev–Trinajstić information content (AvgIpc) is 2.70. The molecule has 4 rings (SSSR count). The van der Waals surface area contributed by atoms with Crippen LogP contribution in [0.3, 0.4) is 0 Å². The van der Waals surface area contributed by atoms with Gasteiger partial charge in [-0.15, -0.1) is 0 Å². The summed E-state index contributed by atoms with van der Waals surface area (Å²) in [6.07, 6.45) is 9.83. The fourth-order valence-corrected chi connectivity index (χ4v) is 7.60. The monoisotopic (exact) mass is 462 g/mol. The third-order valence-corrected chi connectivity index (χ3v) is 8.32. The van der Waals surface area contributed by atoms with Crippen molar-refractivity contribution in [1.29, 1.82) is 0 Å². The van der Waals surface area contributed by atoms with Gasteiger partial charge in [0.15, 0.2) is 0 Å². The van der Waals surface area contributed by atoms with Crippen molar-refractivity contribution in [2.24, 2.45) is 16.2 Å². The minimum Gasteiger partial charge on any atom is -0.369 e. The summed E-state index contributed by atoms with van der Waals surface area (Å²) in [6.45, 7) is 27.2. The number of allylic oxidation sites excluding steroid dienone is 3. The molecule has 0 bridgehead atoms. The SMILES string of the molecule is C=C1CC(c2cc(C3=CC(C)(C)CC(C)(C)C3)ccc2N2CCN(CCC)CC2)CC(C)(C)C1. The highest BCUT2D eigenvalue weighted by Gasteiger charge is 2.36. The lowest BCUT2D eigenvalue weighted by molar-refractivity contribution is 0.229. The van der Waals surface area contributed by atoms with E-state index in [9.17, 15) is 0 Å². The smallest absolute Gasteiger partial charge is 0.0403 e. The van der Waals surface area contributed by atoms with Gasteiger partial charge in [-0.2, -0.15) is 0 Å². The Morgan fingerprint density at radius 3 is 2.26 bits per heavy atom. The maximum atomic E-state index is 4.48. The average molecular weight is 463 g/mol. The van der Waals surface area contributed by atoms with Crippen LogP contribution >= 0.6 is 0 Å². The normalized spacial score (nSPS) is 26.9. The quantitative estimate of drug-likeness (QED) is 0.406. The summed E-state index contributed by atoms with van der Waals surface area (Å²) < 4.78 is 0. The zero-order valence-corrected chi connectivity index (χ0v) is 23.3. The molecule has 0 aromatic heterocycles. The lowest BCUT2D eigenvalue weighted by Gasteiger charge is -2.42. The first-order valence-electron chi connectivity index (χ1n) is 13.9. The summed E-state index contributed by atoms with van der Waals surface area (Å²) in [4.78, 5) is 5.31. The summed E-state index contributed by atoms with van der Waals surface area (Å²) in [6, 6.07) is 7.50. The standard InChI is InChI=1S/C32H50N2/c1-9-12-33-13-15-34(16-14-33)29-11-10-25(27-21-31(5,6)23-32(7,8)22-27)18-28(29)26-17-24(2)19-30(3,4)20-26/h10-11,18,21,26H,2,9,12-17,19-20,22-23H2,1,3-8H3. The van der Waals surface area contributed by atoms with Gasteiger partial charge in [-0.05, 0) is 96.1 Å². The molecule has 2 heteroatoms. The van der Waals surface area contributed by atoms with E-state index in [1.807, 2.05) is 0 Å². The van der Waals surface area contributed by atoms with Crippen molar-refractivity contribution in [3.05, 3.63) is 47.6 Å². The van der Waals surface area contributed by atoms with Gasteiger partial charge >= 0.3 is 0 Å². The molecule has 1 saturated heterocycles. The van der Waals surface area contributed by atoms with Crippen LogP contribution in [0.2, 0.25) is 0 Å². The molecule has 1 heterocycles. The van der Waals surface area contributed by atoms with Gasteiger partial charge in [0.2, 0.25) is 0 Å². The fourth-order valence-electron chi connectivity index (χ4n) is 7.60. The van der Waals surface area contributed by atoms with Crippen molar-refractivity contribution in [2.75, 3.05) is 37.6 Å². The van der Waals surface area contributed by atoms with Crippen LogP contribution in [0.4, 0.5) is 5.69 Å². The number of anilines is 1. The van der Waals surface area contributed by atoms with Crippen molar-refractivity contribution in [3.63, 3.8) is 0 Å². The Balaban J connectivity index is 1.71. The molecule has 1 saturated carbocycles. The van der Waals surface area contributed by atoms with Crippen LogP contribution in [0.5, 0.6) is 0 Å². The maximum Gasteiger partial charge on any atom is 0.0403 e. The van der Waals surface area contributed by atoms with Crippen molar-refractivity contribution in [2.45, 2.75) is 92.9 Å². The predicted octanol–water partition coefficient (Wildman–Crippen LogP) is 8.30. The summed E-state index contributed by atoms with van der Waals surface area (Å²) in [7, 11) is 0. The Kier molecular flexibility index (Phi) is 7.13. The first-order chi connectivity index (χ1) is 15.9. The van der Waals surface area contributed by atoms with Crippen LogP contribution in [0, 0.1) is 16.2 Å². The molecule has 1 aliphatic heterocycles. The fraction of sp³-hybridized carbons (Fsp3) is 0.688. The molecule has 0 N–H and O–H groups in total. The zero-order chi connectivity index (χ0) is 24.7. The Hall–Kier alpha value is -1.54. The van der Waals surface area contributed by atoms with Gasteiger partial charge in [0.05, 0.1) is 0 Å². The molecular formula is C32H50N2. The summed E-state index contributed by atoms with van der Waals surface area (Å²) in [5.41, 5.74) is 8.46. The van der Waals surface area contributed by atoms with Crippen LogP contribution in [0.25, 0.3) is 5.57 Å². The maximum absolute atomic E-state index is 4.48. The Bertz CT molecular complexity index is 924. The van der Waals surface area contributed by atoms with E-state index >= 15 is 0 Å². The Morgan fingerprint density at radius 1 is 0.941 bits per heavy atom. The highest BCUT2D eigenvalue weighted by atomic mass is 15.3. The first-order valence-corrected chi connectivity index (χ1v) is 13.9. The zero-order valence-electron chi connectivity index (χ0n) is 23.3. The predicted molar refractivity (Wildman–Crippen MR) is 150 cm³/mol. The van der Waals surface area contributed by atoms with Gasteiger partial charge in [-0.3, -0.25) is 4.90 Å². The molecule has 1 atom stereocenters. The number of piperazine rings is 1. The highest BCUT2D eigenvalue weighted by Crippen LogP contribution is 2.50. The van der Waals surface area contributed by atoms with Crippen LogP contribution < -0.4 is 4.90 Å². The molecular weight excluding hydrogens is 412 g/mol. The number of hydrogen-bond donors (Lipinski definition) is 0. The molecule has 1 aromatic carbocycles. The van der Waals surface area contributed by atoms with E-state index in [1.54, 1.807) is 11.1 Å². The van der Waals surface area contributed by atoms with E-state index in [4.69, 9.17) is 0 Å². The third-order valence-electron chi connectivity index (χ3n) is 8.32. The molecule has 188 valence electrons. The molecule has 1 aromatic rings. The second-order valence-corrected chi connectivity index (χ2v) is 14.0. The van der Waals surface area contributed by atoms with E-state index in [2.05, 4.69) is 89.1 Å². The Morgan fingerprint density at radius 2 is 1.65 bits per heavy atom. The minimum absolute atomic E-state index is 0.257. The summed E-state index contributed by atoms with van der Waals surface area (Å²) in [5, 5.41) is 0. The molecule has 1 unspecified atom stereocenters. The van der Waals surface area contributed by atoms with Crippen LogP contribution in [0.1, 0.15) is 104 Å². The van der Waals surface area contributed by atoms with Gasteiger partial charge in [-0.1, -0.05) is 72.8 Å². The summed E-state index contributed by atoms with van der Waals surface area (Å²) in [5.74, 6) is 0.574. The van der Waals surface area contributed by atoms with Crippen LogP contribution in [0.15, 0.2) is 36.4 Å². The van der Waals surface area contributed by atoms with Gasteiger partial charge in [-0.25, -0.2) is 0 Å².